The molecule has 1 N–H and O–H groups in total. The summed E-state index contributed by atoms with van der Waals surface area (Å²) in [5.74, 6) is 0. The zero-order chi connectivity index (χ0) is 12.2. The van der Waals surface area contributed by atoms with Crippen molar-refractivity contribution < 1.29 is 0 Å². The van der Waals surface area contributed by atoms with Gasteiger partial charge in [0, 0.05) is 33.4 Å². The van der Waals surface area contributed by atoms with Crippen LogP contribution in [0.5, 0.6) is 0 Å². The van der Waals surface area contributed by atoms with E-state index in [1.54, 1.807) is 0 Å². The first-order valence-electron chi connectivity index (χ1n) is 5.53. The monoisotopic (exact) mass is 304 g/mol. The second kappa shape index (κ2) is 6.15. The van der Waals surface area contributed by atoms with Gasteiger partial charge in [0.2, 0.25) is 0 Å². The number of thiophene rings is 1. The second-order valence-corrected chi connectivity index (χ2v) is 6.76. The van der Waals surface area contributed by atoms with Crippen molar-refractivity contribution in [3.05, 3.63) is 20.8 Å². The summed E-state index contributed by atoms with van der Waals surface area (Å²) in [5.41, 5.74) is 0.185. The summed E-state index contributed by atoms with van der Waals surface area (Å²) in [6.45, 7) is 6.63. The van der Waals surface area contributed by atoms with Crippen molar-refractivity contribution in [2.75, 3.05) is 27.2 Å². The fraction of sp³-hybridized carbons (Fsp3) is 0.667. The molecule has 1 aromatic rings. The van der Waals surface area contributed by atoms with Gasteiger partial charge in [-0.1, -0.05) is 0 Å². The Morgan fingerprint density at radius 3 is 2.69 bits per heavy atom. The summed E-state index contributed by atoms with van der Waals surface area (Å²) in [6, 6.07) is 2.21. The largest absolute Gasteiger partial charge is 0.314 e. The standard InChI is InChI=1S/C12H21BrN2S/c1-12(2,14-3)9-15(4)6-5-11-7-10(13)8-16-11/h7-8,14H,5-6,9H2,1-4H3. The minimum absolute atomic E-state index is 0.185. The molecule has 0 atom stereocenters. The predicted octanol–water partition coefficient (Wildman–Crippen LogP) is 2.98. The molecule has 0 amide bonds. The highest BCUT2D eigenvalue weighted by Gasteiger charge is 2.16. The van der Waals surface area contributed by atoms with Crippen LogP contribution in [0.1, 0.15) is 18.7 Å². The molecule has 2 nitrogen and oxygen atoms in total. The van der Waals surface area contributed by atoms with E-state index in [1.165, 1.54) is 9.35 Å². The van der Waals surface area contributed by atoms with Gasteiger partial charge >= 0.3 is 0 Å². The number of nitrogens with one attached hydrogen (secondary N) is 1. The zero-order valence-corrected chi connectivity index (χ0v) is 12.9. The van der Waals surface area contributed by atoms with Gasteiger partial charge in [0.1, 0.15) is 0 Å². The van der Waals surface area contributed by atoms with E-state index in [9.17, 15) is 0 Å². The van der Waals surface area contributed by atoms with Crippen LogP contribution in [-0.4, -0.2) is 37.6 Å². The number of hydrogen-bond acceptors (Lipinski definition) is 3. The summed E-state index contributed by atoms with van der Waals surface area (Å²) in [5, 5.41) is 5.47. The molecule has 16 heavy (non-hydrogen) atoms. The Bertz CT molecular complexity index is 323. The molecule has 1 rings (SSSR count). The Morgan fingerprint density at radius 2 is 2.19 bits per heavy atom. The van der Waals surface area contributed by atoms with Gasteiger partial charge in [-0.3, -0.25) is 0 Å². The molecule has 0 aliphatic heterocycles. The summed E-state index contributed by atoms with van der Waals surface area (Å²) < 4.78 is 1.20. The number of halogens is 1. The molecule has 0 unspecified atom stereocenters. The van der Waals surface area contributed by atoms with Crippen molar-refractivity contribution in [3.8, 4) is 0 Å². The Labute approximate surface area is 111 Å². The van der Waals surface area contributed by atoms with Gasteiger partial charge in [-0.2, -0.15) is 0 Å². The fourth-order valence-electron chi connectivity index (χ4n) is 1.62. The van der Waals surface area contributed by atoms with Gasteiger partial charge in [-0.25, -0.2) is 0 Å². The van der Waals surface area contributed by atoms with E-state index in [1.807, 2.05) is 18.4 Å². The Balaban J connectivity index is 2.33. The molecule has 0 aliphatic carbocycles. The lowest BCUT2D eigenvalue weighted by atomic mass is 10.1. The van der Waals surface area contributed by atoms with Crippen molar-refractivity contribution in [2.45, 2.75) is 25.8 Å². The van der Waals surface area contributed by atoms with Crippen molar-refractivity contribution >= 4 is 27.3 Å². The summed E-state index contributed by atoms with van der Waals surface area (Å²) in [6.07, 6.45) is 1.13. The third-order valence-electron chi connectivity index (χ3n) is 2.70. The van der Waals surface area contributed by atoms with Gasteiger partial charge in [0.15, 0.2) is 0 Å². The third kappa shape index (κ3) is 4.95. The molecule has 0 aromatic carbocycles. The Morgan fingerprint density at radius 1 is 1.50 bits per heavy atom. The molecule has 0 spiro atoms. The Kier molecular flexibility index (Phi) is 5.44. The van der Waals surface area contributed by atoms with Crippen LogP contribution in [0.2, 0.25) is 0 Å². The molecule has 1 aromatic heterocycles. The Hall–Kier alpha value is 0.1000. The van der Waals surface area contributed by atoms with Gasteiger partial charge in [0.05, 0.1) is 0 Å². The highest BCUT2D eigenvalue weighted by Crippen LogP contribution is 2.20. The van der Waals surface area contributed by atoms with Crippen molar-refractivity contribution in [1.29, 1.82) is 0 Å². The molecule has 1 heterocycles. The first-order valence-corrected chi connectivity index (χ1v) is 7.20. The first-order chi connectivity index (χ1) is 7.43. The maximum atomic E-state index is 3.49. The van der Waals surface area contributed by atoms with Crippen LogP contribution in [0.3, 0.4) is 0 Å². The molecule has 0 radical (unpaired) electrons. The van der Waals surface area contributed by atoms with Gasteiger partial charge in [-0.15, -0.1) is 11.3 Å². The quantitative estimate of drug-likeness (QED) is 0.869. The predicted molar refractivity (Wildman–Crippen MR) is 76.4 cm³/mol. The van der Waals surface area contributed by atoms with Crippen LogP contribution in [0.25, 0.3) is 0 Å². The summed E-state index contributed by atoms with van der Waals surface area (Å²) >= 11 is 5.31. The molecule has 0 aliphatic rings. The van der Waals surface area contributed by atoms with E-state index < -0.39 is 0 Å². The topological polar surface area (TPSA) is 15.3 Å². The van der Waals surface area contributed by atoms with Gasteiger partial charge in [-0.05, 0) is 56.4 Å². The average molecular weight is 305 g/mol. The molecule has 92 valence electrons. The van der Waals surface area contributed by atoms with E-state index in [4.69, 9.17) is 0 Å². The number of nitrogens with zero attached hydrogens (tertiary/aromatic N) is 1. The molecule has 0 fully saturated rings. The van der Waals surface area contributed by atoms with E-state index >= 15 is 0 Å². The van der Waals surface area contributed by atoms with E-state index in [-0.39, 0.29) is 5.54 Å². The van der Waals surface area contributed by atoms with Crippen LogP contribution >= 0.6 is 27.3 Å². The number of rotatable bonds is 6. The van der Waals surface area contributed by atoms with E-state index in [0.29, 0.717) is 0 Å². The summed E-state index contributed by atoms with van der Waals surface area (Å²) in [7, 11) is 4.20. The minimum atomic E-state index is 0.185. The fourth-order valence-corrected chi connectivity index (χ4v) is 3.06. The van der Waals surface area contributed by atoms with E-state index in [0.717, 1.165) is 19.5 Å². The van der Waals surface area contributed by atoms with E-state index in [2.05, 4.69) is 58.5 Å². The molecule has 0 bridgehead atoms. The number of likely N-dealkylation sites (N-methyl/N-ethyl adjacent to an activating group) is 2. The maximum Gasteiger partial charge on any atom is 0.0285 e. The van der Waals surface area contributed by atoms with Crippen LogP contribution in [0, 0.1) is 0 Å². The third-order valence-corrected chi connectivity index (χ3v) is 4.46. The minimum Gasteiger partial charge on any atom is -0.314 e. The van der Waals surface area contributed by atoms with Crippen molar-refractivity contribution in [3.63, 3.8) is 0 Å². The molecular formula is C12H21BrN2S. The maximum absolute atomic E-state index is 3.49. The van der Waals surface area contributed by atoms with Crippen molar-refractivity contribution in [2.24, 2.45) is 0 Å². The molecule has 4 heteroatoms. The van der Waals surface area contributed by atoms with Crippen molar-refractivity contribution in [1.82, 2.24) is 10.2 Å². The highest BCUT2D eigenvalue weighted by molar-refractivity contribution is 9.10. The summed E-state index contributed by atoms with van der Waals surface area (Å²) in [4.78, 5) is 3.82. The second-order valence-electron chi connectivity index (χ2n) is 4.85. The van der Waals surface area contributed by atoms with Crippen LogP contribution in [0.15, 0.2) is 15.9 Å². The lowest BCUT2D eigenvalue weighted by Crippen LogP contribution is -2.46. The zero-order valence-electron chi connectivity index (χ0n) is 10.5. The normalized spacial score (nSPS) is 12.4. The smallest absolute Gasteiger partial charge is 0.0285 e. The SMILES string of the molecule is CNC(C)(C)CN(C)CCc1cc(Br)cs1. The first kappa shape index (κ1) is 14.2. The molecule has 0 saturated carbocycles. The van der Waals surface area contributed by atoms with Crippen LogP contribution < -0.4 is 5.32 Å². The van der Waals surface area contributed by atoms with Crippen LogP contribution in [-0.2, 0) is 6.42 Å². The average Bonchev–Trinajstić information content (AvgIpc) is 2.61. The molecule has 0 saturated heterocycles. The van der Waals surface area contributed by atoms with Crippen LogP contribution in [0.4, 0.5) is 0 Å². The highest BCUT2D eigenvalue weighted by atomic mass is 79.9. The van der Waals surface area contributed by atoms with Gasteiger partial charge in [0.25, 0.3) is 0 Å². The number of hydrogen-bond donors (Lipinski definition) is 1. The van der Waals surface area contributed by atoms with Gasteiger partial charge < -0.3 is 10.2 Å². The molecular weight excluding hydrogens is 284 g/mol. The lowest BCUT2D eigenvalue weighted by Gasteiger charge is -2.29. The lowest BCUT2D eigenvalue weighted by molar-refractivity contribution is 0.247.